The molecular weight excluding hydrogens is 216 g/mol. The number of rotatable bonds is 7. The van der Waals surface area contributed by atoms with Crippen LogP contribution in [0.4, 0.5) is 5.69 Å². The van der Waals surface area contributed by atoms with Crippen molar-refractivity contribution in [2.45, 2.75) is 25.9 Å². The molecule has 17 heavy (non-hydrogen) atoms. The van der Waals surface area contributed by atoms with Crippen LogP contribution >= 0.6 is 0 Å². The van der Waals surface area contributed by atoms with Gasteiger partial charge in [-0.25, -0.2) is 0 Å². The number of hydrogen-bond acceptors (Lipinski definition) is 3. The van der Waals surface area contributed by atoms with Crippen LogP contribution in [0, 0.1) is 0 Å². The quantitative estimate of drug-likeness (QED) is 0.711. The van der Waals surface area contributed by atoms with Crippen molar-refractivity contribution in [3.63, 3.8) is 0 Å². The van der Waals surface area contributed by atoms with E-state index in [0.29, 0.717) is 19.6 Å². The van der Waals surface area contributed by atoms with E-state index in [0.717, 1.165) is 24.1 Å². The zero-order chi connectivity index (χ0) is 12.5. The lowest BCUT2D eigenvalue weighted by Crippen LogP contribution is -2.12. The number of unbranched alkanes of at least 4 members (excludes halogenated alkanes) is 1. The first kappa shape index (κ1) is 13.7. The standard InChI is InChI=1S/C13H20N2O2/c1-17-10-11-5-4-6-12(9-11)15-13(16)7-2-3-8-14/h4-6,9H,2-3,7-8,10,14H2,1H3,(H,15,16). The first-order chi connectivity index (χ1) is 8.26. The summed E-state index contributed by atoms with van der Waals surface area (Å²) in [6.45, 7) is 1.19. The summed E-state index contributed by atoms with van der Waals surface area (Å²) < 4.78 is 5.04. The molecule has 1 rings (SSSR count). The molecule has 0 aliphatic heterocycles. The van der Waals surface area contributed by atoms with Crippen molar-refractivity contribution < 1.29 is 9.53 Å². The van der Waals surface area contributed by atoms with Crippen LogP contribution < -0.4 is 11.1 Å². The Bertz CT molecular complexity index is 353. The van der Waals surface area contributed by atoms with E-state index < -0.39 is 0 Å². The Labute approximate surface area is 102 Å². The largest absolute Gasteiger partial charge is 0.380 e. The van der Waals surface area contributed by atoms with Crippen LogP contribution in [0.2, 0.25) is 0 Å². The van der Waals surface area contributed by atoms with Gasteiger partial charge in [-0.15, -0.1) is 0 Å². The van der Waals surface area contributed by atoms with Crippen LogP contribution in [0.1, 0.15) is 24.8 Å². The summed E-state index contributed by atoms with van der Waals surface area (Å²) in [5.74, 6) is 0.0352. The topological polar surface area (TPSA) is 64.3 Å². The van der Waals surface area contributed by atoms with Crippen LogP contribution in [0.25, 0.3) is 0 Å². The molecule has 1 aromatic rings. The van der Waals surface area contributed by atoms with Gasteiger partial charge in [-0.05, 0) is 37.1 Å². The summed E-state index contributed by atoms with van der Waals surface area (Å²) in [5.41, 5.74) is 7.24. The lowest BCUT2D eigenvalue weighted by Gasteiger charge is -2.07. The Hall–Kier alpha value is -1.39. The van der Waals surface area contributed by atoms with E-state index in [9.17, 15) is 4.79 Å². The van der Waals surface area contributed by atoms with Gasteiger partial charge >= 0.3 is 0 Å². The van der Waals surface area contributed by atoms with E-state index in [4.69, 9.17) is 10.5 Å². The van der Waals surface area contributed by atoms with E-state index in [1.54, 1.807) is 7.11 Å². The Balaban J connectivity index is 2.44. The molecule has 4 nitrogen and oxygen atoms in total. The molecule has 0 aromatic heterocycles. The van der Waals surface area contributed by atoms with Gasteiger partial charge in [0.25, 0.3) is 0 Å². The number of methoxy groups -OCH3 is 1. The van der Waals surface area contributed by atoms with Gasteiger partial charge in [0.15, 0.2) is 0 Å². The molecule has 0 saturated heterocycles. The van der Waals surface area contributed by atoms with E-state index in [1.807, 2.05) is 24.3 Å². The number of hydrogen-bond donors (Lipinski definition) is 2. The number of amides is 1. The molecule has 0 atom stereocenters. The van der Waals surface area contributed by atoms with Crippen LogP contribution in [-0.2, 0) is 16.1 Å². The van der Waals surface area contributed by atoms with Gasteiger partial charge < -0.3 is 15.8 Å². The Morgan fingerprint density at radius 3 is 2.94 bits per heavy atom. The molecule has 3 N–H and O–H groups in total. The maximum Gasteiger partial charge on any atom is 0.224 e. The molecule has 4 heteroatoms. The predicted molar refractivity (Wildman–Crippen MR) is 68.7 cm³/mol. The number of anilines is 1. The number of nitrogens with one attached hydrogen (secondary N) is 1. The molecule has 0 bridgehead atoms. The zero-order valence-corrected chi connectivity index (χ0v) is 10.2. The van der Waals surface area contributed by atoms with Crippen LogP contribution in [-0.4, -0.2) is 19.6 Å². The summed E-state index contributed by atoms with van der Waals surface area (Å²) >= 11 is 0. The second-order valence-electron chi connectivity index (χ2n) is 3.93. The van der Waals surface area contributed by atoms with Crippen molar-refractivity contribution in [2.75, 3.05) is 19.0 Å². The summed E-state index contributed by atoms with van der Waals surface area (Å²) in [6, 6.07) is 7.67. The van der Waals surface area contributed by atoms with Gasteiger partial charge in [-0.3, -0.25) is 4.79 Å². The highest BCUT2D eigenvalue weighted by Gasteiger charge is 2.02. The fraction of sp³-hybridized carbons (Fsp3) is 0.462. The fourth-order valence-corrected chi connectivity index (χ4v) is 1.56. The van der Waals surface area contributed by atoms with Crippen molar-refractivity contribution in [1.29, 1.82) is 0 Å². The average molecular weight is 236 g/mol. The maximum atomic E-state index is 11.6. The first-order valence-electron chi connectivity index (χ1n) is 5.84. The van der Waals surface area contributed by atoms with E-state index >= 15 is 0 Å². The minimum atomic E-state index is 0.0352. The highest BCUT2D eigenvalue weighted by molar-refractivity contribution is 5.90. The number of ether oxygens (including phenoxy) is 1. The summed E-state index contributed by atoms with van der Waals surface area (Å²) in [6.07, 6.45) is 2.24. The van der Waals surface area contributed by atoms with Crippen LogP contribution in [0.15, 0.2) is 24.3 Å². The molecule has 0 saturated carbocycles. The third kappa shape index (κ3) is 5.47. The van der Waals surface area contributed by atoms with Gasteiger partial charge in [0, 0.05) is 19.2 Å². The fourth-order valence-electron chi connectivity index (χ4n) is 1.56. The smallest absolute Gasteiger partial charge is 0.224 e. The van der Waals surface area contributed by atoms with Gasteiger partial charge in [0.1, 0.15) is 0 Å². The molecule has 1 aromatic carbocycles. The van der Waals surface area contributed by atoms with Crippen LogP contribution in [0.3, 0.4) is 0 Å². The highest BCUT2D eigenvalue weighted by Crippen LogP contribution is 2.12. The molecule has 1 amide bonds. The molecule has 0 spiro atoms. The number of carbonyl (C=O) groups excluding carboxylic acids is 1. The van der Waals surface area contributed by atoms with E-state index in [-0.39, 0.29) is 5.91 Å². The van der Waals surface area contributed by atoms with Crippen molar-refractivity contribution in [2.24, 2.45) is 5.73 Å². The molecular formula is C13H20N2O2. The second-order valence-corrected chi connectivity index (χ2v) is 3.93. The summed E-state index contributed by atoms with van der Waals surface area (Å²) in [7, 11) is 1.65. The highest BCUT2D eigenvalue weighted by atomic mass is 16.5. The molecule has 0 unspecified atom stereocenters. The lowest BCUT2D eigenvalue weighted by molar-refractivity contribution is -0.116. The SMILES string of the molecule is COCc1cccc(NC(=O)CCCCN)c1. The molecule has 94 valence electrons. The lowest BCUT2D eigenvalue weighted by atomic mass is 10.2. The minimum Gasteiger partial charge on any atom is -0.380 e. The van der Waals surface area contributed by atoms with Crippen molar-refractivity contribution >= 4 is 11.6 Å². The number of carbonyl (C=O) groups is 1. The minimum absolute atomic E-state index is 0.0352. The van der Waals surface area contributed by atoms with E-state index in [1.165, 1.54) is 0 Å². The monoisotopic (exact) mass is 236 g/mol. The summed E-state index contributed by atoms with van der Waals surface area (Å²) in [4.78, 5) is 11.6. The van der Waals surface area contributed by atoms with Crippen LogP contribution in [0.5, 0.6) is 0 Å². The molecule has 0 heterocycles. The Morgan fingerprint density at radius 2 is 2.24 bits per heavy atom. The van der Waals surface area contributed by atoms with Gasteiger partial charge in [-0.2, -0.15) is 0 Å². The molecule has 0 radical (unpaired) electrons. The number of benzene rings is 1. The van der Waals surface area contributed by atoms with Gasteiger partial charge in [0.2, 0.25) is 5.91 Å². The van der Waals surface area contributed by atoms with Crippen molar-refractivity contribution in [3.05, 3.63) is 29.8 Å². The molecule has 0 aliphatic carbocycles. The van der Waals surface area contributed by atoms with E-state index in [2.05, 4.69) is 5.32 Å². The third-order valence-electron chi connectivity index (χ3n) is 2.38. The van der Waals surface area contributed by atoms with Gasteiger partial charge in [-0.1, -0.05) is 12.1 Å². The molecule has 0 fully saturated rings. The zero-order valence-electron chi connectivity index (χ0n) is 10.2. The van der Waals surface area contributed by atoms with Gasteiger partial charge in [0.05, 0.1) is 6.61 Å². The first-order valence-corrected chi connectivity index (χ1v) is 5.84. The Morgan fingerprint density at radius 1 is 1.41 bits per heavy atom. The second kappa shape index (κ2) is 7.81. The Kier molecular flexibility index (Phi) is 6.29. The summed E-state index contributed by atoms with van der Waals surface area (Å²) in [5, 5.41) is 2.86. The number of nitrogens with two attached hydrogens (primary N) is 1. The third-order valence-corrected chi connectivity index (χ3v) is 2.38. The normalized spacial score (nSPS) is 10.2. The predicted octanol–water partition coefficient (Wildman–Crippen LogP) is 1.90. The molecule has 0 aliphatic rings. The van der Waals surface area contributed by atoms with Crippen molar-refractivity contribution in [3.8, 4) is 0 Å². The van der Waals surface area contributed by atoms with Crippen molar-refractivity contribution in [1.82, 2.24) is 0 Å². The average Bonchev–Trinajstić information content (AvgIpc) is 2.30. The maximum absolute atomic E-state index is 11.6.